The van der Waals surface area contributed by atoms with E-state index >= 15 is 0 Å². The van der Waals surface area contributed by atoms with E-state index in [0.29, 0.717) is 29.9 Å². The van der Waals surface area contributed by atoms with Crippen LogP contribution in [-0.2, 0) is 0 Å². The normalized spacial score (nSPS) is 21.8. The van der Waals surface area contributed by atoms with Crippen LogP contribution >= 0.6 is 0 Å². The van der Waals surface area contributed by atoms with Crippen LogP contribution in [0.5, 0.6) is 0 Å². The molecule has 2 aliphatic rings. The van der Waals surface area contributed by atoms with Gasteiger partial charge in [-0.05, 0) is 85.3 Å². The molecule has 6 rings (SSSR count). The van der Waals surface area contributed by atoms with Crippen LogP contribution in [0.15, 0.2) is 71.5 Å². The molecule has 2 fully saturated rings. The summed E-state index contributed by atoms with van der Waals surface area (Å²) >= 11 is 0. The van der Waals surface area contributed by atoms with Gasteiger partial charge in [0.1, 0.15) is 5.82 Å². The topological polar surface area (TPSA) is 92.0 Å². The number of anilines is 2. The molecule has 4 aromatic rings. The van der Waals surface area contributed by atoms with Crippen LogP contribution < -0.4 is 15.5 Å². The van der Waals surface area contributed by atoms with Crippen molar-refractivity contribution in [2.75, 3.05) is 23.3 Å². The van der Waals surface area contributed by atoms with Gasteiger partial charge >= 0.3 is 0 Å². The van der Waals surface area contributed by atoms with Gasteiger partial charge in [0.05, 0.1) is 0 Å². The highest BCUT2D eigenvalue weighted by Gasteiger charge is 2.29. The molecular weight excluding hydrogens is 474 g/mol. The summed E-state index contributed by atoms with van der Waals surface area (Å²) in [6.45, 7) is 3.90. The Hall–Kier alpha value is -3.78. The number of aromatic nitrogens is 4. The third-order valence-corrected chi connectivity index (χ3v) is 7.75. The van der Waals surface area contributed by atoms with Gasteiger partial charge < -0.3 is 20.0 Å². The summed E-state index contributed by atoms with van der Waals surface area (Å²) in [5.41, 5.74) is 4.52. The quantitative estimate of drug-likeness (QED) is 0.338. The SMILES string of the molecule is Cc1nnc(-c2ccc(N3CCCC(NC4CCCCC4Nc4cc(-c5ccncc5)ccn4)C3)cc2)o1. The van der Waals surface area contributed by atoms with E-state index in [1.807, 2.05) is 37.6 Å². The lowest BCUT2D eigenvalue weighted by atomic mass is 9.89. The average molecular weight is 510 g/mol. The number of piperidine rings is 1. The number of rotatable bonds is 7. The minimum absolute atomic E-state index is 0.372. The predicted molar refractivity (Wildman–Crippen MR) is 150 cm³/mol. The maximum absolute atomic E-state index is 5.58. The van der Waals surface area contributed by atoms with Gasteiger partial charge in [-0.15, -0.1) is 10.2 Å². The molecule has 8 nitrogen and oxygen atoms in total. The molecule has 1 aliphatic carbocycles. The lowest BCUT2D eigenvalue weighted by Crippen LogP contribution is -2.54. The Bertz CT molecular complexity index is 1320. The highest BCUT2D eigenvalue weighted by Crippen LogP contribution is 2.28. The van der Waals surface area contributed by atoms with Crippen LogP contribution in [0, 0.1) is 6.92 Å². The summed E-state index contributed by atoms with van der Waals surface area (Å²) in [4.78, 5) is 11.3. The van der Waals surface area contributed by atoms with Crippen molar-refractivity contribution in [3.8, 4) is 22.6 Å². The Balaban J connectivity index is 1.10. The van der Waals surface area contributed by atoms with E-state index in [9.17, 15) is 0 Å². The number of nitrogens with zero attached hydrogens (tertiary/aromatic N) is 5. The third kappa shape index (κ3) is 5.70. The molecule has 3 atom stereocenters. The van der Waals surface area contributed by atoms with Crippen molar-refractivity contribution in [2.24, 2.45) is 0 Å². The first-order chi connectivity index (χ1) is 18.7. The van der Waals surface area contributed by atoms with Gasteiger partial charge in [-0.25, -0.2) is 4.98 Å². The summed E-state index contributed by atoms with van der Waals surface area (Å²) in [7, 11) is 0. The molecule has 8 heteroatoms. The smallest absolute Gasteiger partial charge is 0.247 e. The number of hydrogen-bond acceptors (Lipinski definition) is 8. The van der Waals surface area contributed by atoms with Gasteiger partial charge in [0.2, 0.25) is 11.8 Å². The molecule has 1 aliphatic heterocycles. The molecule has 1 aromatic carbocycles. The monoisotopic (exact) mass is 509 g/mol. The first kappa shape index (κ1) is 24.6. The molecule has 0 amide bonds. The maximum Gasteiger partial charge on any atom is 0.247 e. The van der Waals surface area contributed by atoms with E-state index in [4.69, 9.17) is 4.42 Å². The fourth-order valence-corrected chi connectivity index (χ4v) is 5.80. The summed E-state index contributed by atoms with van der Waals surface area (Å²) in [6, 6.07) is 18.1. The van der Waals surface area contributed by atoms with E-state index in [-0.39, 0.29) is 0 Å². The molecule has 0 radical (unpaired) electrons. The molecule has 1 saturated carbocycles. The second kappa shape index (κ2) is 11.3. The van der Waals surface area contributed by atoms with Crippen molar-refractivity contribution in [1.82, 2.24) is 25.5 Å². The van der Waals surface area contributed by atoms with Gasteiger partial charge in [-0.3, -0.25) is 4.98 Å². The standard InChI is InChI=1S/C30H35N7O/c1-21-35-36-30(38-21)23-8-10-26(11-9-23)37-18-4-5-25(20-37)33-27-6-2-3-7-28(27)34-29-19-24(14-17-32-29)22-12-15-31-16-13-22/h8-17,19,25,27-28,33H,2-7,18,20H2,1H3,(H,32,34). The Kier molecular flexibility index (Phi) is 7.31. The second-order valence-electron chi connectivity index (χ2n) is 10.4. The highest BCUT2D eigenvalue weighted by atomic mass is 16.4. The van der Waals surface area contributed by atoms with Crippen LogP contribution in [0.1, 0.15) is 44.4 Å². The summed E-state index contributed by atoms with van der Waals surface area (Å²) in [5.74, 6) is 2.10. The third-order valence-electron chi connectivity index (χ3n) is 7.75. The van der Waals surface area contributed by atoms with Gasteiger partial charge in [-0.2, -0.15) is 0 Å². The molecule has 3 unspecified atom stereocenters. The number of nitrogens with one attached hydrogen (secondary N) is 2. The van der Waals surface area contributed by atoms with Crippen LogP contribution in [0.2, 0.25) is 0 Å². The fraction of sp³-hybridized carbons (Fsp3) is 0.400. The second-order valence-corrected chi connectivity index (χ2v) is 10.4. The van der Waals surface area contributed by atoms with Gasteiger partial charge in [0.15, 0.2) is 0 Å². The van der Waals surface area contributed by atoms with Gasteiger partial charge in [0, 0.05) is 68.0 Å². The fourth-order valence-electron chi connectivity index (χ4n) is 5.80. The average Bonchev–Trinajstić information content (AvgIpc) is 3.41. The lowest BCUT2D eigenvalue weighted by Gasteiger charge is -2.40. The number of hydrogen-bond donors (Lipinski definition) is 2. The largest absolute Gasteiger partial charge is 0.421 e. The van der Waals surface area contributed by atoms with Crippen LogP contribution in [-0.4, -0.2) is 51.4 Å². The first-order valence-corrected chi connectivity index (χ1v) is 13.8. The zero-order valence-electron chi connectivity index (χ0n) is 21.9. The van der Waals surface area contributed by atoms with Crippen LogP contribution in [0.3, 0.4) is 0 Å². The molecule has 0 spiro atoms. The van der Waals surface area contributed by atoms with Crippen molar-refractivity contribution >= 4 is 11.5 Å². The molecule has 0 bridgehead atoms. The van der Waals surface area contributed by atoms with Crippen molar-refractivity contribution in [1.29, 1.82) is 0 Å². The minimum atomic E-state index is 0.372. The van der Waals surface area contributed by atoms with Gasteiger partial charge in [0.25, 0.3) is 0 Å². The highest BCUT2D eigenvalue weighted by molar-refractivity contribution is 5.65. The van der Waals surface area contributed by atoms with Crippen molar-refractivity contribution < 1.29 is 4.42 Å². The number of aryl methyl sites for hydroxylation is 1. The molecule has 4 heterocycles. The molecule has 3 aromatic heterocycles. The van der Waals surface area contributed by atoms with Crippen molar-refractivity contribution in [3.05, 3.63) is 73.0 Å². The molecule has 1 saturated heterocycles. The Labute approximate surface area is 223 Å². The zero-order valence-corrected chi connectivity index (χ0v) is 21.9. The summed E-state index contributed by atoms with van der Waals surface area (Å²) in [6.07, 6.45) is 12.8. The predicted octanol–water partition coefficient (Wildman–Crippen LogP) is 5.48. The molecule has 196 valence electrons. The van der Waals surface area contributed by atoms with Crippen LogP contribution in [0.25, 0.3) is 22.6 Å². The van der Waals surface area contributed by atoms with Crippen molar-refractivity contribution in [2.45, 2.75) is 63.6 Å². The Morgan fingerprint density at radius 3 is 2.39 bits per heavy atom. The lowest BCUT2D eigenvalue weighted by molar-refractivity contribution is 0.293. The molecule has 2 N–H and O–H groups in total. The van der Waals surface area contributed by atoms with E-state index in [0.717, 1.165) is 42.0 Å². The molecule has 38 heavy (non-hydrogen) atoms. The summed E-state index contributed by atoms with van der Waals surface area (Å²) in [5, 5.41) is 15.9. The van der Waals surface area contributed by atoms with E-state index in [2.05, 4.69) is 72.1 Å². The van der Waals surface area contributed by atoms with Crippen LogP contribution in [0.4, 0.5) is 11.5 Å². The van der Waals surface area contributed by atoms with E-state index < -0.39 is 0 Å². The number of pyridine rings is 2. The first-order valence-electron chi connectivity index (χ1n) is 13.8. The Morgan fingerprint density at radius 1 is 0.816 bits per heavy atom. The molecular formula is C30H35N7O. The summed E-state index contributed by atoms with van der Waals surface area (Å²) < 4.78 is 5.58. The maximum atomic E-state index is 5.58. The zero-order chi connectivity index (χ0) is 25.7. The number of benzene rings is 1. The van der Waals surface area contributed by atoms with Crippen molar-refractivity contribution in [3.63, 3.8) is 0 Å². The van der Waals surface area contributed by atoms with E-state index in [1.54, 1.807) is 0 Å². The Morgan fingerprint density at radius 2 is 1.61 bits per heavy atom. The minimum Gasteiger partial charge on any atom is -0.421 e. The van der Waals surface area contributed by atoms with Gasteiger partial charge in [-0.1, -0.05) is 12.8 Å². The van der Waals surface area contributed by atoms with E-state index in [1.165, 1.54) is 37.8 Å².